The molecular weight excluding hydrogens is 617 g/mol. The predicted molar refractivity (Wildman–Crippen MR) is 151 cm³/mol. The number of carboxylic acids is 1. The minimum absolute atomic E-state index is 0.0142. The summed E-state index contributed by atoms with van der Waals surface area (Å²) in [6.45, 7) is 1.56. The Bertz CT molecular complexity index is 1500. The van der Waals surface area contributed by atoms with Crippen LogP contribution < -0.4 is 20.1 Å². The summed E-state index contributed by atoms with van der Waals surface area (Å²) >= 11 is 2.06. The third-order valence-corrected chi connectivity index (χ3v) is 6.49. The molecule has 3 aromatic carbocycles. The van der Waals surface area contributed by atoms with Crippen molar-refractivity contribution in [2.24, 2.45) is 0 Å². The van der Waals surface area contributed by atoms with Crippen LogP contribution in [0.2, 0.25) is 0 Å². The molecule has 3 N–H and O–H groups in total. The first-order valence-electron chi connectivity index (χ1n) is 11.7. The van der Waals surface area contributed by atoms with E-state index in [1.807, 2.05) is 13.0 Å². The third kappa shape index (κ3) is 6.74. The average molecular weight is 641 g/mol. The van der Waals surface area contributed by atoms with E-state index >= 15 is 0 Å². The number of halogens is 1. The van der Waals surface area contributed by atoms with Gasteiger partial charge in [0.15, 0.2) is 11.5 Å². The topological polar surface area (TPSA) is 134 Å². The molecule has 0 atom stereocenters. The average Bonchev–Trinajstić information content (AvgIpc) is 3.15. The van der Waals surface area contributed by atoms with Crippen LogP contribution in [0, 0.1) is 10.5 Å². The van der Waals surface area contributed by atoms with Crippen LogP contribution >= 0.6 is 22.6 Å². The first-order chi connectivity index (χ1) is 18.6. The minimum atomic E-state index is -1.03. The molecule has 4 amide bonds. The zero-order valence-electron chi connectivity index (χ0n) is 21.0. The Balaban J connectivity index is 1.47. The number of ether oxygens (including phenoxy) is 2. The Morgan fingerprint density at radius 1 is 1.10 bits per heavy atom. The van der Waals surface area contributed by atoms with E-state index in [1.165, 1.54) is 25.3 Å². The van der Waals surface area contributed by atoms with Crippen molar-refractivity contribution in [3.8, 4) is 11.5 Å². The predicted octanol–water partition coefficient (Wildman–Crippen LogP) is 4.42. The number of carbonyl (C=O) groups is 4. The van der Waals surface area contributed by atoms with Crippen LogP contribution in [0.1, 0.15) is 27.0 Å². The summed E-state index contributed by atoms with van der Waals surface area (Å²) in [7, 11) is 1.47. The van der Waals surface area contributed by atoms with E-state index in [4.69, 9.17) is 9.47 Å². The van der Waals surface area contributed by atoms with Crippen LogP contribution in [0.25, 0.3) is 6.08 Å². The van der Waals surface area contributed by atoms with Crippen molar-refractivity contribution in [2.75, 3.05) is 19.0 Å². The minimum Gasteiger partial charge on any atom is -0.493 e. The number of carboxylic acid groups (broad SMARTS) is 1. The van der Waals surface area contributed by atoms with Gasteiger partial charge in [0.25, 0.3) is 5.91 Å². The number of urea groups is 1. The van der Waals surface area contributed by atoms with Crippen molar-refractivity contribution < 1.29 is 33.8 Å². The van der Waals surface area contributed by atoms with E-state index in [0.717, 1.165) is 10.5 Å². The molecule has 0 saturated carbocycles. The molecular formula is C28H24IN3O7. The van der Waals surface area contributed by atoms with Gasteiger partial charge in [-0.1, -0.05) is 24.3 Å². The van der Waals surface area contributed by atoms with Gasteiger partial charge in [0.2, 0.25) is 5.91 Å². The van der Waals surface area contributed by atoms with Crippen LogP contribution in [-0.2, 0) is 16.2 Å². The Morgan fingerprint density at radius 3 is 2.59 bits per heavy atom. The molecule has 1 fully saturated rings. The zero-order valence-corrected chi connectivity index (χ0v) is 23.1. The molecule has 1 aliphatic rings. The lowest BCUT2D eigenvalue weighted by atomic mass is 10.1. The van der Waals surface area contributed by atoms with Crippen molar-refractivity contribution in [1.82, 2.24) is 10.2 Å². The number of aryl methyl sites for hydroxylation is 1. The van der Waals surface area contributed by atoms with Gasteiger partial charge < -0.3 is 25.2 Å². The molecule has 11 heteroatoms. The zero-order chi connectivity index (χ0) is 28.1. The standard InChI is InChI=1S/C28H24IN3O7/c1-16-5-3-8-20(9-16)30-24(33)14-32-26(34)22(31-28(32)37)12-18-11-21(29)25(23(13-18)38-2)39-15-17-6-4-7-19(10-17)27(35)36/h3-13H,14-15H2,1-2H3,(H,30,33)(H,31,37)(H,35,36)/b22-12+. The van der Waals surface area contributed by atoms with E-state index in [2.05, 4.69) is 33.2 Å². The number of anilines is 1. The molecule has 3 aromatic rings. The lowest BCUT2D eigenvalue weighted by Crippen LogP contribution is -2.38. The first kappa shape index (κ1) is 27.6. The van der Waals surface area contributed by atoms with E-state index in [-0.39, 0.29) is 17.9 Å². The highest BCUT2D eigenvalue weighted by atomic mass is 127. The molecule has 0 aliphatic carbocycles. The Kier molecular flexibility index (Phi) is 8.49. The normalized spacial score (nSPS) is 13.8. The summed E-state index contributed by atoms with van der Waals surface area (Å²) in [5, 5.41) is 14.4. The van der Waals surface area contributed by atoms with Crippen LogP contribution in [0.5, 0.6) is 11.5 Å². The number of rotatable bonds is 9. The second kappa shape index (κ2) is 12.0. The van der Waals surface area contributed by atoms with Gasteiger partial charge in [-0.25, -0.2) is 14.5 Å². The van der Waals surface area contributed by atoms with Gasteiger partial charge in [0.05, 0.1) is 16.2 Å². The van der Waals surface area contributed by atoms with Gasteiger partial charge in [-0.15, -0.1) is 0 Å². The lowest BCUT2D eigenvalue weighted by molar-refractivity contribution is -0.127. The van der Waals surface area contributed by atoms with Crippen LogP contribution in [0.3, 0.4) is 0 Å². The van der Waals surface area contributed by atoms with E-state index in [1.54, 1.807) is 42.5 Å². The molecule has 1 aliphatic heterocycles. The van der Waals surface area contributed by atoms with Crippen molar-refractivity contribution >= 4 is 58.2 Å². The number of nitrogens with one attached hydrogen (secondary N) is 2. The van der Waals surface area contributed by atoms with Crippen molar-refractivity contribution in [2.45, 2.75) is 13.5 Å². The number of hydrogen-bond acceptors (Lipinski definition) is 6. The number of carbonyl (C=O) groups excluding carboxylic acids is 3. The highest BCUT2D eigenvalue weighted by Crippen LogP contribution is 2.35. The summed E-state index contributed by atoms with van der Waals surface area (Å²) in [6.07, 6.45) is 1.49. The molecule has 0 unspecified atom stereocenters. The maximum absolute atomic E-state index is 12.9. The summed E-state index contributed by atoms with van der Waals surface area (Å²) in [4.78, 5) is 49.9. The molecule has 1 saturated heterocycles. The highest BCUT2D eigenvalue weighted by Gasteiger charge is 2.35. The van der Waals surface area contributed by atoms with E-state index in [0.29, 0.717) is 31.9 Å². The number of imide groups is 1. The van der Waals surface area contributed by atoms with Gasteiger partial charge in [-0.05, 0) is 88.7 Å². The van der Waals surface area contributed by atoms with E-state index in [9.17, 15) is 24.3 Å². The van der Waals surface area contributed by atoms with Gasteiger partial charge >= 0.3 is 12.0 Å². The number of nitrogens with zero attached hydrogens (tertiary/aromatic N) is 1. The van der Waals surface area contributed by atoms with Gasteiger partial charge in [0.1, 0.15) is 18.8 Å². The molecule has 4 rings (SSSR count). The van der Waals surface area contributed by atoms with Gasteiger partial charge in [-0.2, -0.15) is 0 Å². The Labute approximate surface area is 237 Å². The molecule has 0 spiro atoms. The number of hydrogen-bond donors (Lipinski definition) is 3. The fourth-order valence-electron chi connectivity index (χ4n) is 3.86. The van der Waals surface area contributed by atoms with Crippen LogP contribution in [0.4, 0.5) is 10.5 Å². The number of methoxy groups -OCH3 is 1. The molecule has 39 heavy (non-hydrogen) atoms. The maximum atomic E-state index is 12.9. The molecule has 0 bridgehead atoms. The van der Waals surface area contributed by atoms with Gasteiger partial charge in [-0.3, -0.25) is 9.59 Å². The number of aromatic carboxylic acids is 1. The SMILES string of the molecule is COc1cc(/C=C2/NC(=O)N(CC(=O)Nc3cccc(C)c3)C2=O)cc(I)c1OCc1cccc(C(=O)O)c1. The van der Waals surface area contributed by atoms with Crippen LogP contribution in [0.15, 0.2) is 66.4 Å². The number of benzene rings is 3. The Hall–Kier alpha value is -4.39. The smallest absolute Gasteiger partial charge is 0.335 e. The van der Waals surface area contributed by atoms with Crippen molar-refractivity contribution in [1.29, 1.82) is 0 Å². The van der Waals surface area contributed by atoms with Crippen molar-refractivity contribution in [3.63, 3.8) is 0 Å². The molecule has 10 nitrogen and oxygen atoms in total. The fraction of sp³-hybridized carbons (Fsp3) is 0.143. The summed E-state index contributed by atoms with van der Waals surface area (Å²) in [5.41, 5.74) is 2.93. The number of amides is 4. The molecule has 1 heterocycles. The summed E-state index contributed by atoms with van der Waals surface area (Å²) in [5.74, 6) is -1.34. The molecule has 0 radical (unpaired) electrons. The Morgan fingerprint density at radius 2 is 1.87 bits per heavy atom. The maximum Gasteiger partial charge on any atom is 0.335 e. The fourth-order valence-corrected chi connectivity index (χ4v) is 4.64. The second-order valence-electron chi connectivity index (χ2n) is 8.63. The van der Waals surface area contributed by atoms with Crippen LogP contribution in [-0.4, -0.2) is 47.5 Å². The quantitative estimate of drug-likeness (QED) is 0.179. The van der Waals surface area contributed by atoms with Crippen molar-refractivity contribution in [3.05, 3.63) is 92.2 Å². The van der Waals surface area contributed by atoms with E-state index < -0.39 is 30.4 Å². The monoisotopic (exact) mass is 641 g/mol. The second-order valence-corrected chi connectivity index (χ2v) is 9.79. The molecule has 200 valence electrons. The molecule has 0 aromatic heterocycles. The largest absolute Gasteiger partial charge is 0.493 e. The first-order valence-corrected chi connectivity index (χ1v) is 12.8. The third-order valence-electron chi connectivity index (χ3n) is 5.69. The van der Waals surface area contributed by atoms with Gasteiger partial charge in [0, 0.05) is 5.69 Å². The lowest BCUT2D eigenvalue weighted by Gasteiger charge is -2.14. The summed E-state index contributed by atoms with van der Waals surface area (Å²) in [6, 6.07) is 16.3. The summed E-state index contributed by atoms with van der Waals surface area (Å²) < 4.78 is 12.1. The highest BCUT2D eigenvalue weighted by molar-refractivity contribution is 14.1.